The monoisotopic (exact) mass is 488 g/mol. The van der Waals surface area contributed by atoms with Gasteiger partial charge in [0.15, 0.2) is 5.96 Å². The van der Waals surface area contributed by atoms with Crippen LogP contribution in [0.4, 0.5) is 0 Å². The Balaban J connectivity index is 0.00000364. The molecule has 3 N–H and O–H groups in total. The maximum absolute atomic E-state index is 11.6. The van der Waals surface area contributed by atoms with Crippen molar-refractivity contribution in [2.45, 2.75) is 46.6 Å². The first-order valence-electron chi connectivity index (χ1n) is 9.66. The molecule has 1 saturated carbocycles. The van der Waals surface area contributed by atoms with E-state index in [-0.39, 0.29) is 35.8 Å². The molecule has 1 aromatic rings. The van der Waals surface area contributed by atoms with E-state index in [1.165, 1.54) is 5.56 Å². The van der Waals surface area contributed by atoms with Gasteiger partial charge in [-0.15, -0.1) is 24.0 Å². The van der Waals surface area contributed by atoms with E-state index in [2.05, 4.69) is 53.0 Å². The molecule has 0 spiro atoms. The van der Waals surface area contributed by atoms with Crippen molar-refractivity contribution < 1.29 is 9.53 Å². The highest BCUT2D eigenvalue weighted by atomic mass is 127. The lowest BCUT2D eigenvalue weighted by atomic mass is 10.1. The predicted octanol–water partition coefficient (Wildman–Crippen LogP) is 2.98. The molecule has 7 heteroatoms. The maximum Gasteiger partial charge on any atom is 0.223 e. The van der Waals surface area contributed by atoms with Crippen molar-refractivity contribution in [3.8, 4) is 5.75 Å². The summed E-state index contributed by atoms with van der Waals surface area (Å²) < 4.78 is 5.86. The van der Waals surface area contributed by atoms with Gasteiger partial charge in [0.25, 0.3) is 0 Å². The van der Waals surface area contributed by atoms with Crippen LogP contribution in [0.5, 0.6) is 5.75 Å². The zero-order chi connectivity index (χ0) is 18.8. The number of hydrogen-bond acceptors (Lipinski definition) is 3. The van der Waals surface area contributed by atoms with Crippen LogP contribution in [0.2, 0.25) is 0 Å². The smallest absolute Gasteiger partial charge is 0.223 e. The van der Waals surface area contributed by atoms with Gasteiger partial charge in [-0.2, -0.15) is 0 Å². The number of carbonyl (C=O) groups excluding carboxylic acids is 1. The van der Waals surface area contributed by atoms with Crippen LogP contribution in [-0.4, -0.2) is 38.1 Å². The highest BCUT2D eigenvalue weighted by Gasteiger charge is 2.28. The number of aliphatic imine (C=N–C) groups is 1. The van der Waals surface area contributed by atoms with E-state index in [9.17, 15) is 4.79 Å². The fourth-order valence-corrected chi connectivity index (χ4v) is 2.50. The van der Waals surface area contributed by atoms with Crippen molar-refractivity contribution in [1.29, 1.82) is 0 Å². The van der Waals surface area contributed by atoms with Crippen molar-refractivity contribution in [3.63, 3.8) is 0 Å². The summed E-state index contributed by atoms with van der Waals surface area (Å²) >= 11 is 0. The number of nitrogens with one attached hydrogen (secondary N) is 3. The fourth-order valence-electron chi connectivity index (χ4n) is 2.50. The van der Waals surface area contributed by atoms with E-state index >= 15 is 0 Å². The van der Waals surface area contributed by atoms with Crippen LogP contribution >= 0.6 is 24.0 Å². The Kier molecular flexibility index (Phi) is 11.2. The molecule has 6 nitrogen and oxygen atoms in total. The van der Waals surface area contributed by atoms with Crippen LogP contribution < -0.4 is 20.7 Å². The number of guanidine groups is 1. The SMILES string of the molecule is CCCOc1cc(C)ccc1CN=C(NCC)NCCNC(=O)C1CC1.I. The summed E-state index contributed by atoms with van der Waals surface area (Å²) in [5, 5.41) is 9.45. The van der Waals surface area contributed by atoms with Crippen molar-refractivity contribution in [1.82, 2.24) is 16.0 Å². The minimum atomic E-state index is 0. The summed E-state index contributed by atoms with van der Waals surface area (Å²) in [5.41, 5.74) is 2.25. The molecule has 0 heterocycles. The standard InChI is InChI=1S/C20H32N4O2.HI/c1-4-12-26-18-13-15(3)6-7-17(18)14-24-20(21-5-2)23-11-10-22-19(25)16-8-9-16;/h6-7,13,16H,4-5,8-12,14H2,1-3H3,(H,22,25)(H2,21,23,24);1H. The second-order valence-electron chi connectivity index (χ2n) is 6.65. The van der Waals surface area contributed by atoms with Crippen LogP contribution in [-0.2, 0) is 11.3 Å². The van der Waals surface area contributed by atoms with Crippen LogP contribution in [0.15, 0.2) is 23.2 Å². The highest BCUT2D eigenvalue weighted by molar-refractivity contribution is 14.0. The molecule has 1 amide bonds. The molecule has 0 radical (unpaired) electrons. The van der Waals surface area contributed by atoms with E-state index < -0.39 is 0 Å². The molecule has 0 aliphatic heterocycles. The number of aryl methyl sites for hydroxylation is 1. The minimum Gasteiger partial charge on any atom is -0.493 e. The Morgan fingerprint density at radius 2 is 1.93 bits per heavy atom. The molecule has 0 bridgehead atoms. The van der Waals surface area contributed by atoms with Gasteiger partial charge >= 0.3 is 0 Å². The zero-order valence-electron chi connectivity index (χ0n) is 16.6. The quantitative estimate of drug-likeness (QED) is 0.205. The van der Waals surface area contributed by atoms with E-state index in [0.717, 1.165) is 43.1 Å². The van der Waals surface area contributed by atoms with Gasteiger partial charge in [-0.3, -0.25) is 4.79 Å². The first-order chi connectivity index (χ1) is 12.6. The van der Waals surface area contributed by atoms with Crippen molar-refractivity contribution in [3.05, 3.63) is 29.3 Å². The van der Waals surface area contributed by atoms with Crippen molar-refractivity contribution >= 4 is 35.8 Å². The third-order valence-corrected chi connectivity index (χ3v) is 4.10. The number of hydrogen-bond donors (Lipinski definition) is 3. The summed E-state index contributed by atoms with van der Waals surface area (Å²) in [6, 6.07) is 6.22. The second-order valence-corrected chi connectivity index (χ2v) is 6.65. The van der Waals surface area contributed by atoms with E-state index in [1.807, 2.05) is 6.92 Å². The largest absolute Gasteiger partial charge is 0.493 e. The first kappa shape index (κ1) is 23.5. The maximum atomic E-state index is 11.6. The lowest BCUT2D eigenvalue weighted by Crippen LogP contribution is -2.41. The number of halogens is 1. The summed E-state index contributed by atoms with van der Waals surface area (Å²) in [6.07, 6.45) is 3.04. The highest BCUT2D eigenvalue weighted by Crippen LogP contribution is 2.28. The zero-order valence-corrected chi connectivity index (χ0v) is 19.0. The third kappa shape index (κ3) is 8.81. The van der Waals surface area contributed by atoms with Crippen LogP contribution in [0, 0.1) is 12.8 Å². The fraction of sp³-hybridized carbons (Fsp3) is 0.600. The van der Waals surface area contributed by atoms with Crippen LogP contribution in [0.25, 0.3) is 0 Å². The molecule has 152 valence electrons. The molecule has 27 heavy (non-hydrogen) atoms. The number of carbonyl (C=O) groups is 1. The average molecular weight is 488 g/mol. The first-order valence-corrected chi connectivity index (χ1v) is 9.66. The summed E-state index contributed by atoms with van der Waals surface area (Å²) in [7, 11) is 0. The number of ether oxygens (including phenoxy) is 1. The van der Waals surface area contributed by atoms with Gasteiger partial charge < -0.3 is 20.7 Å². The van der Waals surface area contributed by atoms with Gasteiger partial charge in [-0.1, -0.05) is 19.1 Å². The van der Waals surface area contributed by atoms with Crippen molar-refractivity contribution in [2.24, 2.45) is 10.9 Å². The number of benzene rings is 1. The van der Waals surface area contributed by atoms with Crippen molar-refractivity contribution in [2.75, 3.05) is 26.2 Å². The Morgan fingerprint density at radius 3 is 2.59 bits per heavy atom. The van der Waals surface area contributed by atoms with E-state index in [4.69, 9.17) is 4.74 Å². The number of rotatable bonds is 10. The van der Waals surface area contributed by atoms with E-state index in [1.54, 1.807) is 0 Å². The molecule has 1 aliphatic rings. The molecule has 1 aromatic carbocycles. The molecule has 1 aliphatic carbocycles. The Hall–Kier alpha value is -1.51. The molecule has 0 aromatic heterocycles. The van der Waals surface area contributed by atoms with Gasteiger partial charge in [0.05, 0.1) is 13.2 Å². The van der Waals surface area contributed by atoms with Gasteiger partial charge in [0, 0.05) is 31.1 Å². The molecule has 2 rings (SSSR count). The van der Waals surface area contributed by atoms with E-state index in [0.29, 0.717) is 26.2 Å². The van der Waals surface area contributed by atoms with Crippen LogP contribution in [0.1, 0.15) is 44.2 Å². The number of amides is 1. The summed E-state index contributed by atoms with van der Waals surface area (Å²) in [4.78, 5) is 16.3. The van der Waals surface area contributed by atoms with Gasteiger partial charge in [-0.05, 0) is 44.7 Å². The topological polar surface area (TPSA) is 74.8 Å². The summed E-state index contributed by atoms with van der Waals surface area (Å²) in [6.45, 7) is 9.49. The predicted molar refractivity (Wildman–Crippen MR) is 121 cm³/mol. The Labute approximate surface area is 179 Å². The average Bonchev–Trinajstić information content (AvgIpc) is 3.47. The molecule has 0 saturated heterocycles. The Bertz CT molecular complexity index is 618. The minimum absolute atomic E-state index is 0. The normalized spacial score (nSPS) is 13.5. The lowest BCUT2D eigenvalue weighted by Gasteiger charge is -2.13. The second kappa shape index (κ2) is 12.8. The van der Waals surface area contributed by atoms with Crippen LogP contribution in [0.3, 0.4) is 0 Å². The molecule has 0 unspecified atom stereocenters. The summed E-state index contributed by atoms with van der Waals surface area (Å²) in [5.74, 6) is 2.07. The van der Waals surface area contributed by atoms with Gasteiger partial charge in [0.2, 0.25) is 5.91 Å². The third-order valence-electron chi connectivity index (χ3n) is 4.10. The Morgan fingerprint density at radius 1 is 1.19 bits per heavy atom. The molecule has 0 atom stereocenters. The van der Waals surface area contributed by atoms with Gasteiger partial charge in [0.1, 0.15) is 5.75 Å². The molecular formula is C20H33IN4O2. The lowest BCUT2D eigenvalue weighted by molar-refractivity contribution is -0.122. The molecular weight excluding hydrogens is 455 g/mol. The molecule has 1 fully saturated rings. The van der Waals surface area contributed by atoms with Gasteiger partial charge in [-0.25, -0.2) is 4.99 Å². The number of nitrogens with zero attached hydrogens (tertiary/aromatic N) is 1.